The van der Waals surface area contributed by atoms with Crippen LogP contribution in [0.4, 0.5) is 10.2 Å². The van der Waals surface area contributed by atoms with Crippen molar-refractivity contribution in [1.82, 2.24) is 29.9 Å². The van der Waals surface area contributed by atoms with Crippen LogP contribution in [0.2, 0.25) is 0 Å². The molecular formula is C21H22FN7O. The van der Waals surface area contributed by atoms with Crippen molar-refractivity contribution in [2.75, 3.05) is 24.7 Å². The van der Waals surface area contributed by atoms with Gasteiger partial charge in [-0.25, -0.2) is 19.0 Å². The van der Waals surface area contributed by atoms with Crippen LogP contribution < -0.4 is 4.90 Å². The van der Waals surface area contributed by atoms with Gasteiger partial charge in [-0.2, -0.15) is 0 Å². The van der Waals surface area contributed by atoms with E-state index in [0.717, 1.165) is 29.1 Å². The zero-order chi connectivity index (χ0) is 20.8. The number of aromatic nitrogens is 6. The number of aromatic amines is 1. The third-order valence-corrected chi connectivity index (χ3v) is 5.49. The normalized spacial score (nSPS) is 17.1. The number of nitrogens with one attached hydrogen (secondary N) is 1. The van der Waals surface area contributed by atoms with Crippen LogP contribution in [0.15, 0.2) is 30.5 Å². The predicted molar refractivity (Wildman–Crippen MR) is 112 cm³/mol. The van der Waals surface area contributed by atoms with Gasteiger partial charge in [0.15, 0.2) is 5.82 Å². The molecule has 8 nitrogen and oxygen atoms in total. The summed E-state index contributed by atoms with van der Waals surface area (Å²) in [4.78, 5) is 14.9. The van der Waals surface area contributed by atoms with Gasteiger partial charge in [-0.3, -0.25) is 0 Å². The molecule has 0 saturated carbocycles. The molecule has 1 fully saturated rings. The van der Waals surface area contributed by atoms with Gasteiger partial charge in [0, 0.05) is 42.3 Å². The standard InChI is InChI=1S/C21H22FN7O/c1-12-11-30-7-6-29(12)19-10-18(20-13(2)26-27-28(20)3)24-21(25-19)16-8-14(22)9-17-15(16)4-5-23-17/h4-5,8-10,12,23H,6-7,11H2,1-3H3/t12-/m1/s1. The molecule has 0 amide bonds. The van der Waals surface area contributed by atoms with Crippen LogP contribution >= 0.6 is 0 Å². The maximum atomic E-state index is 14.4. The van der Waals surface area contributed by atoms with Crippen molar-refractivity contribution in [3.8, 4) is 22.8 Å². The summed E-state index contributed by atoms with van der Waals surface area (Å²) >= 11 is 0. The lowest BCUT2D eigenvalue weighted by Crippen LogP contribution is -2.44. The minimum atomic E-state index is -0.339. The number of ether oxygens (including phenoxy) is 1. The van der Waals surface area contributed by atoms with Gasteiger partial charge in [-0.15, -0.1) is 5.10 Å². The van der Waals surface area contributed by atoms with Crippen molar-refractivity contribution in [1.29, 1.82) is 0 Å². The van der Waals surface area contributed by atoms with Crippen molar-refractivity contribution < 1.29 is 9.13 Å². The average Bonchev–Trinajstić information content (AvgIpc) is 3.33. The minimum absolute atomic E-state index is 0.167. The molecule has 0 radical (unpaired) electrons. The van der Waals surface area contributed by atoms with Crippen molar-refractivity contribution in [2.24, 2.45) is 7.05 Å². The smallest absolute Gasteiger partial charge is 0.162 e. The number of anilines is 1. The maximum absolute atomic E-state index is 14.4. The zero-order valence-electron chi connectivity index (χ0n) is 17.1. The van der Waals surface area contributed by atoms with Crippen LogP contribution in [0.5, 0.6) is 0 Å². The molecule has 4 aromatic rings. The first-order valence-electron chi connectivity index (χ1n) is 9.88. The number of aryl methyl sites for hydroxylation is 2. The molecule has 0 bridgehead atoms. The molecule has 9 heteroatoms. The molecule has 1 saturated heterocycles. The van der Waals surface area contributed by atoms with E-state index >= 15 is 0 Å². The van der Waals surface area contributed by atoms with Crippen LogP contribution in [-0.2, 0) is 11.8 Å². The van der Waals surface area contributed by atoms with Crippen molar-refractivity contribution in [3.05, 3.63) is 42.0 Å². The Labute approximate surface area is 172 Å². The van der Waals surface area contributed by atoms with Gasteiger partial charge in [-0.1, -0.05) is 5.21 Å². The summed E-state index contributed by atoms with van der Waals surface area (Å²) in [5, 5.41) is 9.15. The first-order valence-corrected chi connectivity index (χ1v) is 9.88. The van der Waals surface area contributed by atoms with E-state index in [-0.39, 0.29) is 11.9 Å². The van der Waals surface area contributed by atoms with Crippen LogP contribution in [-0.4, -0.2) is 55.7 Å². The van der Waals surface area contributed by atoms with Gasteiger partial charge in [0.2, 0.25) is 0 Å². The molecule has 0 spiro atoms. The van der Waals surface area contributed by atoms with Crippen LogP contribution in [0.25, 0.3) is 33.7 Å². The Kier molecular flexibility index (Phi) is 4.47. The molecule has 0 aliphatic carbocycles. The second-order valence-corrected chi connectivity index (χ2v) is 7.59. The highest BCUT2D eigenvalue weighted by atomic mass is 19.1. The molecule has 30 heavy (non-hydrogen) atoms. The first kappa shape index (κ1) is 18.7. The Morgan fingerprint density at radius 3 is 2.87 bits per heavy atom. The highest BCUT2D eigenvalue weighted by Gasteiger charge is 2.24. The second-order valence-electron chi connectivity index (χ2n) is 7.59. The molecule has 4 heterocycles. The molecule has 1 aliphatic heterocycles. The summed E-state index contributed by atoms with van der Waals surface area (Å²) in [7, 11) is 1.83. The van der Waals surface area contributed by atoms with Crippen LogP contribution in [0.3, 0.4) is 0 Å². The predicted octanol–water partition coefficient (Wildman–Crippen LogP) is 3.09. The largest absolute Gasteiger partial charge is 0.377 e. The van der Waals surface area contributed by atoms with Crippen LogP contribution in [0.1, 0.15) is 12.6 Å². The molecule has 5 rings (SSSR count). The SMILES string of the molecule is Cc1nnn(C)c1-c1cc(N2CCOC[C@H]2C)nc(-c2cc(F)cc3[nH]ccc23)n1. The third kappa shape index (κ3) is 3.11. The van der Waals surface area contributed by atoms with Crippen molar-refractivity contribution in [2.45, 2.75) is 19.9 Å². The van der Waals surface area contributed by atoms with E-state index in [4.69, 9.17) is 14.7 Å². The third-order valence-electron chi connectivity index (χ3n) is 5.49. The van der Waals surface area contributed by atoms with Crippen molar-refractivity contribution in [3.63, 3.8) is 0 Å². The maximum Gasteiger partial charge on any atom is 0.162 e. The number of H-pyrrole nitrogens is 1. The number of morpholine rings is 1. The number of halogens is 1. The molecule has 1 aromatic carbocycles. The lowest BCUT2D eigenvalue weighted by Gasteiger charge is -2.34. The quantitative estimate of drug-likeness (QED) is 0.562. The minimum Gasteiger partial charge on any atom is -0.377 e. The summed E-state index contributed by atoms with van der Waals surface area (Å²) in [6.45, 7) is 5.98. The van der Waals surface area contributed by atoms with E-state index in [1.165, 1.54) is 12.1 Å². The van der Waals surface area contributed by atoms with Gasteiger partial charge in [-0.05, 0) is 32.0 Å². The first-order chi connectivity index (χ1) is 14.5. The molecule has 0 unspecified atom stereocenters. The highest BCUT2D eigenvalue weighted by Crippen LogP contribution is 2.32. The van der Waals surface area contributed by atoms with Gasteiger partial charge >= 0.3 is 0 Å². The van der Waals surface area contributed by atoms with Gasteiger partial charge in [0.1, 0.15) is 17.3 Å². The Morgan fingerprint density at radius 1 is 1.23 bits per heavy atom. The highest BCUT2D eigenvalue weighted by molar-refractivity contribution is 5.93. The number of fused-ring (bicyclic) bond motifs is 1. The van der Waals surface area contributed by atoms with E-state index in [1.807, 2.05) is 26.1 Å². The number of rotatable bonds is 3. The Morgan fingerprint density at radius 2 is 2.10 bits per heavy atom. The topological polar surface area (TPSA) is 84.8 Å². The van der Waals surface area contributed by atoms with Gasteiger partial charge in [0.05, 0.1) is 30.6 Å². The molecule has 3 aromatic heterocycles. The fraction of sp³-hybridized carbons (Fsp3) is 0.333. The van der Waals surface area contributed by atoms with E-state index in [0.29, 0.717) is 35.8 Å². The van der Waals surface area contributed by atoms with Crippen LogP contribution in [0, 0.1) is 12.7 Å². The summed E-state index contributed by atoms with van der Waals surface area (Å²) in [5.41, 5.74) is 3.63. The summed E-state index contributed by atoms with van der Waals surface area (Å²) in [6, 6.07) is 6.98. The molecule has 154 valence electrons. The average molecular weight is 407 g/mol. The number of benzene rings is 1. The molecule has 1 aliphatic rings. The van der Waals surface area contributed by atoms with Crippen molar-refractivity contribution >= 4 is 16.7 Å². The van der Waals surface area contributed by atoms with E-state index < -0.39 is 0 Å². The van der Waals surface area contributed by atoms with Gasteiger partial charge in [0.25, 0.3) is 0 Å². The Hall–Kier alpha value is -3.33. The molecule has 1 N–H and O–H groups in total. The Balaban J connectivity index is 1.75. The summed E-state index contributed by atoms with van der Waals surface area (Å²) < 4.78 is 21.6. The fourth-order valence-corrected chi connectivity index (χ4v) is 4.02. The second kappa shape index (κ2) is 7.17. The summed E-state index contributed by atoms with van der Waals surface area (Å²) in [5.74, 6) is 0.902. The van der Waals surface area contributed by atoms with E-state index in [9.17, 15) is 4.39 Å². The number of nitrogens with zero attached hydrogens (tertiary/aromatic N) is 6. The molecule has 1 atom stereocenters. The lowest BCUT2D eigenvalue weighted by atomic mass is 10.1. The molecular weight excluding hydrogens is 385 g/mol. The zero-order valence-corrected chi connectivity index (χ0v) is 17.1. The number of hydrogen-bond donors (Lipinski definition) is 1. The van der Waals surface area contributed by atoms with E-state index in [1.54, 1.807) is 10.9 Å². The fourth-order valence-electron chi connectivity index (χ4n) is 4.02. The van der Waals surface area contributed by atoms with Gasteiger partial charge < -0.3 is 14.6 Å². The monoisotopic (exact) mass is 407 g/mol. The number of hydrogen-bond acceptors (Lipinski definition) is 6. The Bertz CT molecular complexity index is 1210. The van der Waals surface area contributed by atoms with E-state index in [2.05, 4.69) is 27.1 Å². The lowest BCUT2D eigenvalue weighted by molar-refractivity contribution is 0.0985. The summed E-state index contributed by atoms with van der Waals surface area (Å²) in [6.07, 6.45) is 1.79.